The molecule has 5 nitrogen and oxygen atoms in total. The van der Waals surface area contributed by atoms with Crippen LogP contribution in [0.1, 0.15) is 64.7 Å². The summed E-state index contributed by atoms with van der Waals surface area (Å²) >= 11 is 0. The molecule has 5 heteroatoms. The van der Waals surface area contributed by atoms with E-state index in [0.29, 0.717) is 38.8 Å². The third-order valence-corrected chi connectivity index (χ3v) is 4.13. The van der Waals surface area contributed by atoms with E-state index in [0.717, 1.165) is 12.8 Å². The summed E-state index contributed by atoms with van der Waals surface area (Å²) in [6.07, 6.45) is 21.6. The molecule has 0 rings (SSSR count). The van der Waals surface area contributed by atoms with Gasteiger partial charge in [-0.2, -0.15) is 0 Å². The quantitative estimate of drug-likeness (QED) is 0.173. The van der Waals surface area contributed by atoms with E-state index in [9.17, 15) is 15.0 Å². The molecule has 5 N–H and O–H groups in total. The fourth-order valence-electron chi connectivity index (χ4n) is 2.44. The Morgan fingerprint density at radius 2 is 1.68 bits per heavy atom. The van der Waals surface area contributed by atoms with Gasteiger partial charge in [-0.25, -0.2) is 0 Å². The van der Waals surface area contributed by atoms with Gasteiger partial charge in [0.05, 0.1) is 12.2 Å². The number of carbonyl (C=O) groups is 1. The predicted octanol–water partition coefficient (Wildman–Crippen LogP) is 3.54. The molecule has 0 aromatic carbocycles. The van der Waals surface area contributed by atoms with Crippen molar-refractivity contribution in [3.05, 3.63) is 48.6 Å². The van der Waals surface area contributed by atoms with E-state index in [1.165, 1.54) is 19.3 Å². The number of allylic oxidation sites excluding steroid dienone is 5. The first-order valence-corrected chi connectivity index (χ1v) is 10.6. The Hall–Kier alpha value is -1.69. The van der Waals surface area contributed by atoms with Crippen molar-refractivity contribution in [3.8, 4) is 0 Å². The second kappa shape index (κ2) is 20.1. The molecule has 0 bridgehead atoms. The number of unbranched alkanes of at least 4 members (excludes halogenated alkanes) is 3. The topological polar surface area (TPSA) is 95.6 Å². The first-order chi connectivity index (χ1) is 13.6. The summed E-state index contributed by atoms with van der Waals surface area (Å²) in [6, 6.07) is 0. The molecule has 0 heterocycles. The maximum Gasteiger partial charge on any atom is 0.219 e. The van der Waals surface area contributed by atoms with Gasteiger partial charge in [0.15, 0.2) is 0 Å². The van der Waals surface area contributed by atoms with Crippen LogP contribution < -0.4 is 11.1 Å². The van der Waals surface area contributed by atoms with Gasteiger partial charge in [-0.15, -0.1) is 0 Å². The summed E-state index contributed by atoms with van der Waals surface area (Å²) in [4.78, 5) is 11.5. The number of hydrogen-bond donors (Lipinski definition) is 4. The van der Waals surface area contributed by atoms with Crippen LogP contribution in [0, 0.1) is 0 Å². The molecular weight excluding hydrogens is 352 g/mol. The zero-order valence-electron chi connectivity index (χ0n) is 17.4. The maximum atomic E-state index is 11.5. The second-order valence-corrected chi connectivity index (χ2v) is 6.88. The van der Waals surface area contributed by atoms with Crippen LogP contribution in [0.5, 0.6) is 0 Å². The first kappa shape index (κ1) is 26.3. The van der Waals surface area contributed by atoms with E-state index in [2.05, 4.69) is 18.3 Å². The molecule has 0 aromatic heterocycles. The molecule has 0 aliphatic carbocycles. The molecule has 0 saturated heterocycles. The lowest BCUT2D eigenvalue weighted by atomic mass is 10.1. The molecule has 0 saturated carbocycles. The average molecular weight is 393 g/mol. The molecule has 0 aliphatic rings. The Labute approximate surface area is 171 Å². The number of rotatable bonds is 17. The van der Waals surface area contributed by atoms with Crippen LogP contribution in [0.3, 0.4) is 0 Å². The number of nitrogens with one attached hydrogen (secondary N) is 1. The van der Waals surface area contributed by atoms with Crippen LogP contribution in [-0.4, -0.2) is 41.4 Å². The minimum absolute atomic E-state index is 0.00373. The summed E-state index contributed by atoms with van der Waals surface area (Å²) in [7, 11) is 0. The maximum absolute atomic E-state index is 11.5. The van der Waals surface area contributed by atoms with Crippen LogP contribution >= 0.6 is 0 Å². The number of carbonyl (C=O) groups excluding carboxylic acids is 1. The standard InChI is InChI=1S/C23H40N2O3/c1-2-3-4-5-6-9-14-21(26)15-10-7-8-11-16-22(27)17-12-18-23(28)25-20-13-19-24/h6-11,15-16,21-22,26-27H,2-5,12-14,17-20,24H2,1H3,(H,25,28)/b8-7?,9-6?,15-10+,16-11?/t21-,22-/m1/s1. The van der Waals surface area contributed by atoms with E-state index in [4.69, 9.17) is 5.73 Å². The van der Waals surface area contributed by atoms with E-state index >= 15 is 0 Å². The molecular formula is C23H40N2O3. The summed E-state index contributed by atoms with van der Waals surface area (Å²) in [5, 5.41) is 22.5. The Bertz CT molecular complexity index is 484. The monoisotopic (exact) mass is 392 g/mol. The third kappa shape index (κ3) is 19.1. The largest absolute Gasteiger partial charge is 0.389 e. The predicted molar refractivity (Wildman–Crippen MR) is 118 cm³/mol. The Morgan fingerprint density at radius 3 is 2.36 bits per heavy atom. The molecule has 160 valence electrons. The SMILES string of the molecule is CCCCCC=CC[C@@H](O)/C=C/C=CC=C[C@@H](O)CCCC(=O)NCCCN. The van der Waals surface area contributed by atoms with E-state index in [1.807, 2.05) is 18.2 Å². The van der Waals surface area contributed by atoms with Gasteiger partial charge in [0.1, 0.15) is 0 Å². The molecule has 0 spiro atoms. The number of nitrogens with two attached hydrogens (primary N) is 1. The van der Waals surface area contributed by atoms with Crippen LogP contribution in [0.2, 0.25) is 0 Å². The number of aliphatic hydroxyl groups excluding tert-OH is 2. The Kier molecular flexibility index (Phi) is 18.8. The lowest BCUT2D eigenvalue weighted by Gasteiger charge is -2.06. The highest BCUT2D eigenvalue weighted by molar-refractivity contribution is 5.75. The highest BCUT2D eigenvalue weighted by atomic mass is 16.3. The van der Waals surface area contributed by atoms with Crippen molar-refractivity contribution >= 4 is 5.91 Å². The van der Waals surface area contributed by atoms with Crippen molar-refractivity contribution in [1.82, 2.24) is 5.32 Å². The van der Waals surface area contributed by atoms with Crippen LogP contribution in [0.25, 0.3) is 0 Å². The lowest BCUT2D eigenvalue weighted by Crippen LogP contribution is -2.25. The highest BCUT2D eigenvalue weighted by Crippen LogP contribution is 2.03. The highest BCUT2D eigenvalue weighted by Gasteiger charge is 2.03. The van der Waals surface area contributed by atoms with Gasteiger partial charge in [0.25, 0.3) is 0 Å². The average Bonchev–Trinajstić information content (AvgIpc) is 2.67. The zero-order valence-corrected chi connectivity index (χ0v) is 17.4. The van der Waals surface area contributed by atoms with Crippen LogP contribution in [0.15, 0.2) is 48.6 Å². The minimum atomic E-state index is -0.561. The van der Waals surface area contributed by atoms with Crippen molar-refractivity contribution in [2.45, 2.75) is 76.9 Å². The third-order valence-electron chi connectivity index (χ3n) is 4.13. The van der Waals surface area contributed by atoms with Gasteiger partial charge >= 0.3 is 0 Å². The van der Waals surface area contributed by atoms with Crippen LogP contribution in [-0.2, 0) is 4.79 Å². The van der Waals surface area contributed by atoms with Gasteiger partial charge in [-0.3, -0.25) is 4.79 Å². The zero-order chi connectivity index (χ0) is 20.9. The molecule has 1 amide bonds. The summed E-state index contributed by atoms with van der Waals surface area (Å²) in [6.45, 7) is 3.37. The molecule has 2 atom stereocenters. The van der Waals surface area contributed by atoms with Gasteiger partial charge < -0.3 is 21.3 Å². The van der Waals surface area contributed by atoms with Gasteiger partial charge in [-0.05, 0) is 45.1 Å². The fraction of sp³-hybridized carbons (Fsp3) is 0.609. The molecule has 0 fully saturated rings. The normalized spacial score (nSPS) is 14.6. The molecule has 0 unspecified atom stereocenters. The number of amides is 1. The Balaban J connectivity index is 3.81. The minimum Gasteiger partial charge on any atom is -0.389 e. The number of hydrogen-bond acceptors (Lipinski definition) is 4. The Morgan fingerprint density at radius 1 is 0.964 bits per heavy atom. The van der Waals surface area contributed by atoms with Gasteiger partial charge in [-0.1, -0.05) is 68.4 Å². The smallest absolute Gasteiger partial charge is 0.219 e. The fourth-order valence-corrected chi connectivity index (χ4v) is 2.44. The van der Waals surface area contributed by atoms with E-state index < -0.39 is 12.2 Å². The summed E-state index contributed by atoms with van der Waals surface area (Å²) in [5.74, 6) is 0.00373. The second-order valence-electron chi connectivity index (χ2n) is 6.88. The van der Waals surface area contributed by atoms with Crippen molar-refractivity contribution in [3.63, 3.8) is 0 Å². The van der Waals surface area contributed by atoms with Crippen molar-refractivity contribution in [1.29, 1.82) is 0 Å². The van der Waals surface area contributed by atoms with Crippen LogP contribution in [0.4, 0.5) is 0 Å². The van der Waals surface area contributed by atoms with Crippen molar-refractivity contribution < 1.29 is 15.0 Å². The van der Waals surface area contributed by atoms with E-state index in [1.54, 1.807) is 24.3 Å². The summed E-state index contributed by atoms with van der Waals surface area (Å²) < 4.78 is 0. The van der Waals surface area contributed by atoms with Crippen molar-refractivity contribution in [2.24, 2.45) is 5.73 Å². The number of aliphatic hydroxyl groups is 2. The molecule has 0 radical (unpaired) electrons. The van der Waals surface area contributed by atoms with Gasteiger partial charge in [0, 0.05) is 13.0 Å². The molecule has 0 aliphatic heterocycles. The van der Waals surface area contributed by atoms with Gasteiger partial charge in [0.2, 0.25) is 5.91 Å². The molecule has 0 aromatic rings. The van der Waals surface area contributed by atoms with Crippen molar-refractivity contribution in [2.75, 3.05) is 13.1 Å². The lowest BCUT2D eigenvalue weighted by molar-refractivity contribution is -0.121. The molecule has 28 heavy (non-hydrogen) atoms. The van der Waals surface area contributed by atoms with E-state index in [-0.39, 0.29) is 5.91 Å². The first-order valence-electron chi connectivity index (χ1n) is 10.6. The summed E-state index contributed by atoms with van der Waals surface area (Å²) in [5.41, 5.74) is 5.37.